The Morgan fingerprint density at radius 1 is 1.20 bits per heavy atom. The molecule has 2 aromatic rings. The molecule has 0 aliphatic carbocycles. The fourth-order valence-corrected chi connectivity index (χ4v) is 5.37. The molecule has 2 atom stereocenters. The van der Waals surface area contributed by atoms with E-state index >= 15 is 0 Å². The van der Waals surface area contributed by atoms with Gasteiger partial charge in [-0.05, 0) is 48.4 Å². The zero-order valence-corrected chi connectivity index (χ0v) is 18.3. The number of nitrogens with zero attached hydrogens (tertiary/aromatic N) is 2. The zero-order valence-electron chi connectivity index (χ0n) is 17.5. The van der Waals surface area contributed by atoms with Gasteiger partial charge in [-0.3, -0.25) is 9.59 Å². The lowest BCUT2D eigenvalue weighted by Crippen LogP contribution is -2.37. The van der Waals surface area contributed by atoms with Crippen molar-refractivity contribution in [2.24, 2.45) is 5.92 Å². The lowest BCUT2D eigenvalue weighted by atomic mass is 10.1. The highest BCUT2D eigenvalue weighted by atomic mass is 32.1. The molecule has 2 saturated heterocycles. The molecular formula is C23H28N2O4S. The van der Waals surface area contributed by atoms with Crippen molar-refractivity contribution in [3.05, 3.63) is 46.2 Å². The second-order valence-electron chi connectivity index (χ2n) is 7.89. The monoisotopic (exact) mass is 428 g/mol. The van der Waals surface area contributed by atoms with Crippen LogP contribution in [0.15, 0.2) is 35.7 Å². The van der Waals surface area contributed by atoms with E-state index in [0.717, 1.165) is 24.9 Å². The van der Waals surface area contributed by atoms with E-state index < -0.39 is 0 Å². The summed E-state index contributed by atoms with van der Waals surface area (Å²) < 4.78 is 10.6. The molecular weight excluding hydrogens is 400 g/mol. The van der Waals surface area contributed by atoms with Gasteiger partial charge in [0, 0.05) is 30.9 Å². The van der Waals surface area contributed by atoms with Crippen molar-refractivity contribution < 1.29 is 19.1 Å². The smallest absolute Gasteiger partial charge is 0.228 e. The molecule has 7 heteroatoms. The molecule has 1 aromatic heterocycles. The summed E-state index contributed by atoms with van der Waals surface area (Å²) in [7, 11) is 3.23. The van der Waals surface area contributed by atoms with Gasteiger partial charge in [0.25, 0.3) is 0 Å². The topological polar surface area (TPSA) is 59.1 Å². The van der Waals surface area contributed by atoms with E-state index in [2.05, 4.69) is 11.4 Å². The lowest BCUT2D eigenvalue weighted by Gasteiger charge is -2.26. The zero-order chi connectivity index (χ0) is 21.1. The third-order valence-corrected chi connectivity index (χ3v) is 7.06. The van der Waals surface area contributed by atoms with Crippen LogP contribution in [-0.2, 0) is 16.0 Å². The first-order valence-electron chi connectivity index (χ1n) is 10.4. The van der Waals surface area contributed by atoms with Gasteiger partial charge in [-0.2, -0.15) is 0 Å². The minimum absolute atomic E-state index is 0.0701. The number of ether oxygens (including phenoxy) is 2. The molecule has 0 N–H and O–H groups in total. The number of thiophene rings is 1. The van der Waals surface area contributed by atoms with Gasteiger partial charge in [-0.15, -0.1) is 11.3 Å². The number of rotatable bonds is 7. The van der Waals surface area contributed by atoms with Gasteiger partial charge >= 0.3 is 0 Å². The van der Waals surface area contributed by atoms with E-state index in [1.54, 1.807) is 25.6 Å². The Morgan fingerprint density at radius 2 is 2.03 bits per heavy atom. The van der Waals surface area contributed by atoms with Crippen LogP contribution in [0.2, 0.25) is 0 Å². The maximum absolute atomic E-state index is 13.2. The normalized spacial score (nSPS) is 21.3. The van der Waals surface area contributed by atoms with E-state index in [1.807, 2.05) is 34.1 Å². The van der Waals surface area contributed by atoms with Crippen LogP contribution in [0.1, 0.15) is 35.7 Å². The number of hydrogen-bond acceptors (Lipinski definition) is 5. The van der Waals surface area contributed by atoms with E-state index in [4.69, 9.17) is 9.47 Å². The van der Waals surface area contributed by atoms with Crippen molar-refractivity contribution in [2.75, 3.05) is 33.9 Å². The summed E-state index contributed by atoms with van der Waals surface area (Å²) in [4.78, 5) is 30.8. The Kier molecular flexibility index (Phi) is 6.27. The third kappa shape index (κ3) is 4.17. The Balaban J connectivity index is 1.36. The molecule has 0 radical (unpaired) electrons. The van der Waals surface area contributed by atoms with Crippen LogP contribution in [0, 0.1) is 5.92 Å². The molecule has 30 heavy (non-hydrogen) atoms. The second-order valence-corrected chi connectivity index (χ2v) is 8.86. The predicted molar refractivity (Wildman–Crippen MR) is 116 cm³/mol. The van der Waals surface area contributed by atoms with Crippen molar-refractivity contribution >= 4 is 23.2 Å². The molecule has 6 nitrogen and oxygen atoms in total. The minimum atomic E-state index is -0.233. The van der Waals surface area contributed by atoms with E-state index in [1.165, 1.54) is 4.88 Å². The first kappa shape index (κ1) is 20.7. The van der Waals surface area contributed by atoms with Crippen LogP contribution < -0.4 is 9.47 Å². The van der Waals surface area contributed by atoms with Gasteiger partial charge in [-0.1, -0.05) is 12.1 Å². The highest BCUT2D eigenvalue weighted by molar-refractivity contribution is 7.10. The molecule has 2 fully saturated rings. The van der Waals surface area contributed by atoms with Crippen molar-refractivity contribution in [3.8, 4) is 11.5 Å². The van der Waals surface area contributed by atoms with Crippen molar-refractivity contribution in [2.45, 2.75) is 31.7 Å². The van der Waals surface area contributed by atoms with Crippen LogP contribution in [0.5, 0.6) is 11.5 Å². The van der Waals surface area contributed by atoms with Gasteiger partial charge in [0.05, 0.1) is 26.2 Å². The van der Waals surface area contributed by atoms with E-state index in [9.17, 15) is 9.59 Å². The molecule has 0 unspecified atom stereocenters. The molecule has 4 rings (SSSR count). The van der Waals surface area contributed by atoms with Gasteiger partial charge < -0.3 is 19.3 Å². The van der Waals surface area contributed by atoms with Crippen LogP contribution in [-0.4, -0.2) is 55.5 Å². The summed E-state index contributed by atoms with van der Waals surface area (Å²) in [5.41, 5.74) is 1.08. The fourth-order valence-electron chi connectivity index (χ4n) is 4.50. The standard InChI is InChI=1S/C23H28N2O4S/c1-28-19-8-7-16(13-20(19)29-2)9-11-24-15-17(14-22(24)26)23(27)25-10-3-5-18(25)21-6-4-12-30-21/h4,6-8,12-13,17-18H,3,5,9-11,14-15H2,1-2H3/t17-,18-/m0/s1. The summed E-state index contributed by atoms with van der Waals surface area (Å²) in [5, 5.41) is 2.06. The number of methoxy groups -OCH3 is 2. The summed E-state index contributed by atoms with van der Waals surface area (Å²) in [6.07, 6.45) is 3.07. The summed E-state index contributed by atoms with van der Waals surface area (Å²) in [6.45, 7) is 1.91. The average Bonchev–Trinajstić information content (AvgIpc) is 3.51. The van der Waals surface area contributed by atoms with Gasteiger partial charge in [0.15, 0.2) is 11.5 Å². The Bertz CT molecular complexity index is 899. The molecule has 0 bridgehead atoms. The van der Waals surface area contributed by atoms with Gasteiger partial charge in [0.1, 0.15) is 0 Å². The summed E-state index contributed by atoms with van der Waals surface area (Å²) >= 11 is 1.71. The molecule has 2 amide bonds. The van der Waals surface area contributed by atoms with E-state index in [-0.39, 0.29) is 23.8 Å². The number of carbonyl (C=O) groups is 2. The Hall–Kier alpha value is -2.54. The maximum Gasteiger partial charge on any atom is 0.228 e. The molecule has 0 saturated carbocycles. The molecule has 0 spiro atoms. The van der Waals surface area contributed by atoms with Crippen LogP contribution >= 0.6 is 11.3 Å². The van der Waals surface area contributed by atoms with Crippen molar-refractivity contribution in [1.82, 2.24) is 9.80 Å². The van der Waals surface area contributed by atoms with Gasteiger partial charge in [0.2, 0.25) is 11.8 Å². The first-order chi connectivity index (χ1) is 14.6. The highest BCUT2D eigenvalue weighted by Crippen LogP contribution is 2.36. The molecule has 160 valence electrons. The largest absolute Gasteiger partial charge is 0.493 e. The summed E-state index contributed by atoms with van der Waals surface area (Å²) in [6, 6.07) is 10.1. The number of benzene rings is 1. The maximum atomic E-state index is 13.2. The average molecular weight is 429 g/mol. The van der Waals surface area contributed by atoms with Crippen LogP contribution in [0.25, 0.3) is 0 Å². The Labute approximate surface area is 181 Å². The molecule has 2 aliphatic heterocycles. The minimum Gasteiger partial charge on any atom is -0.493 e. The van der Waals surface area contributed by atoms with Crippen molar-refractivity contribution in [3.63, 3.8) is 0 Å². The predicted octanol–water partition coefficient (Wildman–Crippen LogP) is 3.52. The fraction of sp³-hybridized carbons (Fsp3) is 0.478. The SMILES string of the molecule is COc1ccc(CCN2C[C@@H](C(=O)N3CCC[C@H]3c3cccs3)CC2=O)cc1OC. The van der Waals surface area contributed by atoms with E-state index in [0.29, 0.717) is 37.4 Å². The number of hydrogen-bond donors (Lipinski definition) is 0. The number of likely N-dealkylation sites (tertiary alicyclic amines) is 2. The first-order valence-corrected chi connectivity index (χ1v) is 11.3. The molecule has 3 heterocycles. The molecule has 1 aromatic carbocycles. The lowest BCUT2D eigenvalue weighted by molar-refractivity contribution is -0.136. The quantitative estimate of drug-likeness (QED) is 0.677. The summed E-state index contributed by atoms with van der Waals surface area (Å²) in [5.74, 6) is 1.34. The highest BCUT2D eigenvalue weighted by Gasteiger charge is 2.40. The van der Waals surface area contributed by atoms with Crippen LogP contribution in [0.3, 0.4) is 0 Å². The van der Waals surface area contributed by atoms with Crippen molar-refractivity contribution in [1.29, 1.82) is 0 Å². The van der Waals surface area contributed by atoms with Crippen LogP contribution in [0.4, 0.5) is 0 Å². The number of carbonyl (C=O) groups excluding carboxylic acids is 2. The molecule has 2 aliphatic rings. The number of amides is 2. The second kappa shape index (κ2) is 9.08. The Morgan fingerprint density at radius 3 is 2.77 bits per heavy atom. The third-order valence-electron chi connectivity index (χ3n) is 6.09. The van der Waals surface area contributed by atoms with Gasteiger partial charge in [-0.25, -0.2) is 0 Å².